The molecule has 0 amide bonds. The Hall–Kier alpha value is -0.930. The van der Waals surface area contributed by atoms with Gasteiger partial charge in [0.15, 0.2) is 0 Å². The van der Waals surface area contributed by atoms with Crippen molar-refractivity contribution in [2.45, 2.75) is 25.8 Å². The second-order valence-electron chi connectivity index (χ2n) is 4.69. The lowest BCUT2D eigenvalue weighted by Crippen LogP contribution is -2.46. The second kappa shape index (κ2) is 5.97. The minimum atomic E-state index is -0.159. The maximum absolute atomic E-state index is 12.9. The zero-order valence-corrected chi connectivity index (χ0v) is 10.3. The molecule has 1 rings (SSSR count). The SMILES string of the molecule is CNC(C)(C)CNCCc1cccc(F)c1. The summed E-state index contributed by atoms with van der Waals surface area (Å²) in [6.07, 6.45) is 0.859. The average Bonchev–Trinajstić information content (AvgIpc) is 2.25. The molecule has 0 spiro atoms. The third kappa shape index (κ3) is 4.73. The summed E-state index contributed by atoms with van der Waals surface area (Å²) in [6.45, 7) is 6.05. The van der Waals surface area contributed by atoms with Crippen molar-refractivity contribution >= 4 is 0 Å². The summed E-state index contributed by atoms with van der Waals surface area (Å²) in [5, 5.41) is 6.59. The third-order valence-electron chi connectivity index (χ3n) is 2.72. The van der Waals surface area contributed by atoms with Crippen LogP contribution in [0.1, 0.15) is 19.4 Å². The van der Waals surface area contributed by atoms with Crippen LogP contribution in [0.3, 0.4) is 0 Å². The fourth-order valence-corrected chi connectivity index (χ4v) is 1.41. The van der Waals surface area contributed by atoms with Gasteiger partial charge in [0, 0.05) is 12.1 Å². The van der Waals surface area contributed by atoms with Gasteiger partial charge in [-0.1, -0.05) is 12.1 Å². The minimum Gasteiger partial charge on any atom is -0.315 e. The summed E-state index contributed by atoms with van der Waals surface area (Å²) < 4.78 is 12.9. The Morgan fingerprint density at radius 1 is 1.31 bits per heavy atom. The van der Waals surface area contributed by atoms with Crippen molar-refractivity contribution in [3.05, 3.63) is 35.6 Å². The lowest BCUT2D eigenvalue weighted by molar-refractivity contribution is 0.395. The molecule has 0 unspecified atom stereocenters. The van der Waals surface area contributed by atoms with Crippen LogP contribution in [0.4, 0.5) is 4.39 Å². The molecule has 2 N–H and O–H groups in total. The van der Waals surface area contributed by atoms with Crippen LogP contribution in [0.2, 0.25) is 0 Å². The Labute approximate surface area is 97.3 Å². The molecule has 3 heteroatoms. The van der Waals surface area contributed by atoms with E-state index >= 15 is 0 Å². The Bertz CT molecular complexity index is 323. The number of hydrogen-bond donors (Lipinski definition) is 2. The zero-order chi connectivity index (χ0) is 12.0. The van der Waals surface area contributed by atoms with Gasteiger partial charge in [-0.05, 0) is 51.6 Å². The molecule has 0 aliphatic rings. The number of likely N-dealkylation sites (N-methyl/N-ethyl adjacent to an activating group) is 1. The first-order valence-corrected chi connectivity index (χ1v) is 5.67. The van der Waals surface area contributed by atoms with E-state index in [-0.39, 0.29) is 11.4 Å². The summed E-state index contributed by atoms with van der Waals surface area (Å²) in [7, 11) is 1.95. The van der Waals surface area contributed by atoms with Crippen LogP contribution in [0, 0.1) is 5.82 Å². The average molecular weight is 224 g/mol. The van der Waals surface area contributed by atoms with Gasteiger partial charge in [-0.3, -0.25) is 0 Å². The van der Waals surface area contributed by atoms with Crippen molar-refractivity contribution in [1.82, 2.24) is 10.6 Å². The summed E-state index contributed by atoms with van der Waals surface area (Å²) >= 11 is 0. The van der Waals surface area contributed by atoms with E-state index in [1.54, 1.807) is 12.1 Å². The predicted octanol–water partition coefficient (Wildman–Crippen LogP) is 1.96. The Balaban J connectivity index is 2.26. The van der Waals surface area contributed by atoms with Gasteiger partial charge < -0.3 is 10.6 Å². The van der Waals surface area contributed by atoms with Gasteiger partial charge >= 0.3 is 0 Å². The quantitative estimate of drug-likeness (QED) is 0.722. The molecule has 0 radical (unpaired) electrons. The first-order chi connectivity index (χ1) is 7.53. The van der Waals surface area contributed by atoms with E-state index in [1.165, 1.54) is 6.07 Å². The predicted molar refractivity (Wildman–Crippen MR) is 66.1 cm³/mol. The highest BCUT2D eigenvalue weighted by Gasteiger charge is 2.12. The van der Waals surface area contributed by atoms with Crippen LogP contribution < -0.4 is 10.6 Å². The van der Waals surface area contributed by atoms with E-state index in [1.807, 2.05) is 13.1 Å². The first kappa shape index (κ1) is 13.1. The standard InChI is InChI=1S/C13H21FN2/c1-13(2,15-3)10-16-8-7-11-5-4-6-12(14)9-11/h4-6,9,15-16H,7-8,10H2,1-3H3. The van der Waals surface area contributed by atoms with Crippen molar-refractivity contribution in [3.8, 4) is 0 Å². The van der Waals surface area contributed by atoms with E-state index < -0.39 is 0 Å². The molecule has 1 aromatic rings. The number of nitrogens with one attached hydrogen (secondary N) is 2. The maximum atomic E-state index is 12.9. The smallest absolute Gasteiger partial charge is 0.123 e. The summed E-state index contributed by atoms with van der Waals surface area (Å²) in [4.78, 5) is 0. The molecule has 0 aromatic heterocycles. The Morgan fingerprint density at radius 3 is 2.69 bits per heavy atom. The number of halogens is 1. The largest absolute Gasteiger partial charge is 0.315 e. The Morgan fingerprint density at radius 2 is 2.06 bits per heavy atom. The van der Waals surface area contributed by atoms with E-state index in [4.69, 9.17) is 0 Å². The highest BCUT2D eigenvalue weighted by atomic mass is 19.1. The number of benzene rings is 1. The molecule has 0 aliphatic carbocycles. The fourth-order valence-electron chi connectivity index (χ4n) is 1.41. The van der Waals surface area contributed by atoms with E-state index in [0.717, 1.165) is 25.1 Å². The van der Waals surface area contributed by atoms with Gasteiger partial charge in [0.1, 0.15) is 5.82 Å². The maximum Gasteiger partial charge on any atom is 0.123 e. The molecule has 0 bridgehead atoms. The van der Waals surface area contributed by atoms with Crippen LogP contribution in [0.25, 0.3) is 0 Å². The summed E-state index contributed by atoms with van der Waals surface area (Å²) in [5.41, 5.74) is 1.14. The topological polar surface area (TPSA) is 24.1 Å². The van der Waals surface area contributed by atoms with Crippen molar-refractivity contribution in [3.63, 3.8) is 0 Å². The molecular formula is C13H21FN2. The molecule has 0 saturated carbocycles. The zero-order valence-electron chi connectivity index (χ0n) is 10.3. The highest BCUT2D eigenvalue weighted by molar-refractivity contribution is 5.16. The van der Waals surface area contributed by atoms with E-state index in [0.29, 0.717) is 0 Å². The van der Waals surface area contributed by atoms with Crippen LogP contribution in [-0.2, 0) is 6.42 Å². The molecule has 0 fully saturated rings. The second-order valence-corrected chi connectivity index (χ2v) is 4.69. The van der Waals surface area contributed by atoms with Crippen molar-refractivity contribution in [2.75, 3.05) is 20.1 Å². The normalized spacial score (nSPS) is 11.8. The third-order valence-corrected chi connectivity index (χ3v) is 2.72. The molecule has 2 nitrogen and oxygen atoms in total. The van der Waals surface area contributed by atoms with Gasteiger partial charge in [0.25, 0.3) is 0 Å². The van der Waals surface area contributed by atoms with Crippen LogP contribution in [0.15, 0.2) is 24.3 Å². The first-order valence-electron chi connectivity index (χ1n) is 5.67. The molecule has 1 aromatic carbocycles. The van der Waals surface area contributed by atoms with Gasteiger partial charge in [0.2, 0.25) is 0 Å². The molecule has 16 heavy (non-hydrogen) atoms. The molecule has 0 atom stereocenters. The Kier molecular flexibility index (Phi) is 4.90. The van der Waals surface area contributed by atoms with Crippen LogP contribution >= 0.6 is 0 Å². The lowest BCUT2D eigenvalue weighted by atomic mass is 10.1. The van der Waals surface area contributed by atoms with Crippen LogP contribution in [0.5, 0.6) is 0 Å². The molecule has 0 saturated heterocycles. The van der Waals surface area contributed by atoms with Gasteiger partial charge in [0.05, 0.1) is 0 Å². The van der Waals surface area contributed by atoms with Gasteiger partial charge in [-0.15, -0.1) is 0 Å². The summed E-state index contributed by atoms with van der Waals surface area (Å²) in [6, 6.07) is 6.77. The van der Waals surface area contributed by atoms with Gasteiger partial charge in [-0.2, -0.15) is 0 Å². The molecule has 0 aliphatic heterocycles. The van der Waals surface area contributed by atoms with Gasteiger partial charge in [-0.25, -0.2) is 4.39 Å². The van der Waals surface area contributed by atoms with Crippen molar-refractivity contribution in [2.24, 2.45) is 0 Å². The number of hydrogen-bond acceptors (Lipinski definition) is 2. The van der Waals surface area contributed by atoms with Crippen LogP contribution in [-0.4, -0.2) is 25.7 Å². The van der Waals surface area contributed by atoms with Crippen molar-refractivity contribution < 1.29 is 4.39 Å². The monoisotopic (exact) mass is 224 g/mol. The molecular weight excluding hydrogens is 203 g/mol. The summed E-state index contributed by atoms with van der Waals surface area (Å²) in [5.74, 6) is -0.159. The molecule has 0 heterocycles. The molecule has 90 valence electrons. The highest BCUT2D eigenvalue weighted by Crippen LogP contribution is 2.04. The fraction of sp³-hybridized carbons (Fsp3) is 0.538. The number of rotatable bonds is 6. The van der Waals surface area contributed by atoms with E-state index in [9.17, 15) is 4.39 Å². The van der Waals surface area contributed by atoms with E-state index in [2.05, 4.69) is 24.5 Å². The minimum absolute atomic E-state index is 0.0991. The van der Waals surface area contributed by atoms with Crippen molar-refractivity contribution in [1.29, 1.82) is 0 Å². The lowest BCUT2D eigenvalue weighted by Gasteiger charge is -2.24.